The molecular formula is C19H19N5O. The number of aryl methyl sites for hydroxylation is 1. The molecule has 3 aromatic rings. The number of imidazole rings is 1. The second-order valence-electron chi connectivity index (χ2n) is 6.05. The number of aromatic amines is 1. The molecule has 6 heteroatoms. The molecule has 6 nitrogen and oxygen atoms in total. The first kappa shape index (κ1) is 15.5. The number of rotatable bonds is 3. The topological polar surface area (TPSA) is 74.8 Å². The molecule has 0 saturated carbocycles. The molecule has 0 aromatic carbocycles. The summed E-state index contributed by atoms with van der Waals surface area (Å²) in [4.78, 5) is 31.3. The van der Waals surface area contributed by atoms with Crippen LogP contribution >= 0.6 is 0 Å². The quantitative estimate of drug-likeness (QED) is 0.800. The average molecular weight is 333 g/mol. The fraction of sp³-hybridized carbons (Fsp3) is 0.263. The summed E-state index contributed by atoms with van der Waals surface area (Å²) < 4.78 is 0. The lowest BCUT2D eigenvalue weighted by molar-refractivity contribution is 0.0776. The molecule has 1 amide bonds. The first-order valence-corrected chi connectivity index (χ1v) is 8.49. The normalized spacial score (nSPS) is 14.6. The monoisotopic (exact) mass is 333 g/mol. The fourth-order valence-corrected chi connectivity index (χ4v) is 3.13. The molecule has 3 aromatic heterocycles. The van der Waals surface area contributed by atoms with Gasteiger partial charge in [0.2, 0.25) is 0 Å². The van der Waals surface area contributed by atoms with E-state index in [2.05, 4.69) is 26.0 Å². The zero-order valence-electron chi connectivity index (χ0n) is 14.1. The Hall–Kier alpha value is -3.02. The molecule has 0 fully saturated rings. The van der Waals surface area contributed by atoms with Crippen molar-refractivity contribution in [2.75, 3.05) is 13.1 Å². The van der Waals surface area contributed by atoms with Crippen molar-refractivity contribution in [3.8, 4) is 0 Å². The van der Waals surface area contributed by atoms with Crippen LogP contribution in [0.3, 0.4) is 0 Å². The van der Waals surface area contributed by atoms with Crippen molar-refractivity contribution in [3.63, 3.8) is 0 Å². The number of carbonyl (C=O) groups excluding carboxylic acids is 1. The molecule has 0 atom stereocenters. The van der Waals surface area contributed by atoms with Crippen molar-refractivity contribution in [3.05, 3.63) is 59.8 Å². The van der Waals surface area contributed by atoms with E-state index in [1.54, 1.807) is 18.5 Å². The van der Waals surface area contributed by atoms with Gasteiger partial charge in [0.15, 0.2) is 5.65 Å². The van der Waals surface area contributed by atoms with E-state index in [1.807, 2.05) is 30.0 Å². The molecule has 4 rings (SSSR count). The minimum absolute atomic E-state index is 0.000217. The van der Waals surface area contributed by atoms with Crippen LogP contribution in [-0.4, -0.2) is 43.8 Å². The number of carbonyl (C=O) groups is 1. The lowest BCUT2D eigenvalue weighted by atomic mass is 10.0. The standard InChI is InChI=1S/C19H19N5O/c1-2-16-22-17-14(8-10-21-18(17)23-16)19(25)24-11-5-6-13(12-24)15-7-3-4-9-20-15/h3-4,6-10H,2,5,11-12H2,1H3,(H,21,22,23). The zero-order chi connectivity index (χ0) is 17.2. The maximum atomic E-state index is 13.1. The highest BCUT2D eigenvalue weighted by molar-refractivity contribution is 6.04. The summed E-state index contributed by atoms with van der Waals surface area (Å²) in [6, 6.07) is 7.61. The van der Waals surface area contributed by atoms with Crippen LogP contribution in [-0.2, 0) is 6.42 Å². The third-order valence-corrected chi connectivity index (χ3v) is 4.44. The van der Waals surface area contributed by atoms with E-state index in [4.69, 9.17) is 0 Å². The van der Waals surface area contributed by atoms with Gasteiger partial charge in [-0.2, -0.15) is 0 Å². The molecule has 0 unspecified atom stereocenters. The highest BCUT2D eigenvalue weighted by Gasteiger charge is 2.23. The minimum atomic E-state index is 0.000217. The molecule has 4 heterocycles. The molecule has 25 heavy (non-hydrogen) atoms. The summed E-state index contributed by atoms with van der Waals surface area (Å²) in [5.74, 6) is 0.843. The average Bonchev–Trinajstić information content (AvgIpc) is 3.11. The number of hydrogen-bond donors (Lipinski definition) is 1. The van der Waals surface area contributed by atoms with Crippen LogP contribution in [0, 0.1) is 0 Å². The maximum Gasteiger partial charge on any atom is 0.256 e. The van der Waals surface area contributed by atoms with Gasteiger partial charge >= 0.3 is 0 Å². The number of nitrogens with one attached hydrogen (secondary N) is 1. The Kier molecular flexibility index (Phi) is 4.01. The first-order valence-electron chi connectivity index (χ1n) is 8.49. The van der Waals surface area contributed by atoms with Gasteiger partial charge in [-0.05, 0) is 30.2 Å². The predicted molar refractivity (Wildman–Crippen MR) is 96.0 cm³/mol. The summed E-state index contributed by atoms with van der Waals surface area (Å²) in [6.07, 6.45) is 7.20. The van der Waals surface area contributed by atoms with Crippen molar-refractivity contribution in [1.29, 1.82) is 0 Å². The Bertz CT molecular complexity index is 945. The van der Waals surface area contributed by atoms with E-state index in [0.717, 1.165) is 35.4 Å². The van der Waals surface area contributed by atoms with Crippen LogP contribution in [0.2, 0.25) is 0 Å². The van der Waals surface area contributed by atoms with Crippen LogP contribution in [0.15, 0.2) is 42.7 Å². The van der Waals surface area contributed by atoms with Crippen molar-refractivity contribution in [2.45, 2.75) is 19.8 Å². The Morgan fingerprint density at radius 2 is 2.16 bits per heavy atom. The number of amides is 1. The van der Waals surface area contributed by atoms with Gasteiger partial charge in [0.1, 0.15) is 5.82 Å². The second kappa shape index (κ2) is 6.47. The summed E-state index contributed by atoms with van der Waals surface area (Å²) >= 11 is 0. The van der Waals surface area contributed by atoms with Crippen LogP contribution in [0.1, 0.15) is 35.2 Å². The van der Waals surface area contributed by atoms with E-state index in [9.17, 15) is 4.79 Å². The lowest BCUT2D eigenvalue weighted by Crippen LogP contribution is -2.35. The minimum Gasteiger partial charge on any atom is -0.340 e. The molecular weight excluding hydrogens is 314 g/mol. The fourth-order valence-electron chi connectivity index (χ4n) is 3.13. The van der Waals surface area contributed by atoms with Gasteiger partial charge < -0.3 is 9.88 Å². The molecule has 1 N–H and O–H groups in total. The predicted octanol–water partition coefficient (Wildman–Crippen LogP) is 2.84. The number of hydrogen-bond acceptors (Lipinski definition) is 4. The summed E-state index contributed by atoms with van der Waals surface area (Å²) in [5.41, 5.74) is 3.96. The molecule has 0 spiro atoms. The van der Waals surface area contributed by atoms with Crippen LogP contribution in [0.25, 0.3) is 16.7 Å². The Balaban J connectivity index is 1.63. The summed E-state index contributed by atoms with van der Waals surface area (Å²) in [5, 5.41) is 0. The molecule has 0 saturated heterocycles. The van der Waals surface area contributed by atoms with Crippen LogP contribution in [0.5, 0.6) is 0 Å². The van der Waals surface area contributed by atoms with E-state index < -0.39 is 0 Å². The van der Waals surface area contributed by atoms with Gasteiger partial charge in [-0.1, -0.05) is 19.1 Å². The van der Waals surface area contributed by atoms with Crippen molar-refractivity contribution >= 4 is 22.6 Å². The third-order valence-electron chi connectivity index (χ3n) is 4.44. The molecule has 0 aliphatic carbocycles. The first-order chi connectivity index (χ1) is 12.3. The van der Waals surface area contributed by atoms with Gasteiger partial charge in [0.05, 0.1) is 16.8 Å². The smallest absolute Gasteiger partial charge is 0.256 e. The Morgan fingerprint density at radius 1 is 1.24 bits per heavy atom. The number of pyridine rings is 2. The van der Waals surface area contributed by atoms with E-state index in [1.165, 1.54) is 0 Å². The van der Waals surface area contributed by atoms with Crippen LogP contribution < -0.4 is 0 Å². The highest BCUT2D eigenvalue weighted by Crippen LogP contribution is 2.22. The van der Waals surface area contributed by atoms with Crippen LogP contribution in [0.4, 0.5) is 0 Å². The SMILES string of the molecule is CCc1nc2nccc(C(=O)N3CCC=C(c4ccccn4)C3)c2[nH]1. The van der Waals surface area contributed by atoms with Gasteiger partial charge in [0.25, 0.3) is 5.91 Å². The summed E-state index contributed by atoms with van der Waals surface area (Å²) in [7, 11) is 0. The molecule has 0 radical (unpaired) electrons. The number of aromatic nitrogens is 4. The number of fused-ring (bicyclic) bond motifs is 1. The van der Waals surface area contributed by atoms with E-state index >= 15 is 0 Å². The lowest BCUT2D eigenvalue weighted by Gasteiger charge is -2.27. The number of nitrogens with zero attached hydrogens (tertiary/aromatic N) is 4. The van der Waals surface area contributed by atoms with Crippen molar-refractivity contribution < 1.29 is 4.79 Å². The van der Waals surface area contributed by atoms with E-state index in [-0.39, 0.29) is 5.91 Å². The number of H-pyrrole nitrogens is 1. The highest BCUT2D eigenvalue weighted by atomic mass is 16.2. The maximum absolute atomic E-state index is 13.1. The Morgan fingerprint density at radius 3 is 2.96 bits per heavy atom. The van der Waals surface area contributed by atoms with Gasteiger partial charge in [-0.25, -0.2) is 9.97 Å². The second-order valence-corrected chi connectivity index (χ2v) is 6.05. The van der Waals surface area contributed by atoms with Gasteiger partial charge in [-0.15, -0.1) is 0 Å². The third kappa shape index (κ3) is 2.91. The van der Waals surface area contributed by atoms with E-state index in [0.29, 0.717) is 24.3 Å². The largest absolute Gasteiger partial charge is 0.340 e. The molecule has 126 valence electrons. The Labute approximate surface area is 145 Å². The van der Waals surface area contributed by atoms with Gasteiger partial charge in [0, 0.05) is 31.9 Å². The molecule has 1 aliphatic rings. The van der Waals surface area contributed by atoms with Gasteiger partial charge in [-0.3, -0.25) is 9.78 Å². The zero-order valence-corrected chi connectivity index (χ0v) is 14.1. The van der Waals surface area contributed by atoms with Crippen molar-refractivity contribution in [2.24, 2.45) is 0 Å². The van der Waals surface area contributed by atoms with Crippen molar-refractivity contribution in [1.82, 2.24) is 24.8 Å². The summed E-state index contributed by atoms with van der Waals surface area (Å²) in [6.45, 7) is 3.29. The molecule has 0 bridgehead atoms. The molecule has 1 aliphatic heterocycles.